The SMILES string of the molecule is c1ccc(-c2ccc(-c3nc4c(-c5nc(-c6ccccc6)nc(-c6cc7ccccc7cc6-c6ccccc6)n5)c5oc6ccccc6c5cc4o3)cc2)cc1. The van der Waals surface area contributed by atoms with Crippen LogP contribution in [0.3, 0.4) is 0 Å². The molecule has 6 heteroatoms. The monoisotopic (exact) mass is 718 g/mol. The minimum absolute atomic E-state index is 0.440. The predicted octanol–water partition coefficient (Wildman–Crippen LogP) is 13.1. The second-order valence-electron chi connectivity index (χ2n) is 13.8. The Morgan fingerprint density at radius 1 is 0.339 bits per heavy atom. The number of hydrogen-bond acceptors (Lipinski definition) is 6. The van der Waals surface area contributed by atoms with Crippen molar-refractivity contribution in [3.8, 4) is 67.9 Å². The first-order valence-corrected chi connectivity index (χ1v) is 18.5. The minimum atomic E-state index is 0.440. The van der Waals surface area contributed by atoms with E-state index in [1.165, 1.54) is 0 Å². The molecular formula is C50H30N4O2. The molecule has 0 bridgehead atoms. The molecule has 0 spiro atoms. The summed E-state index contributed by atoms with van der Waals surface area (Å²) < 4.78 is 13.3. The molecule has 0 unspecified atom stereocenters. The number of furan rings is 1. The smallest absolute Gasteiger partial charge is 0.227 e. The largest absolute Gasteiger partial charge is 0.455 e. The molecule has 56 heavy (non-hydrogen) atoms. The first-order valence-electron chi connectivity index (χ1n) is 18.5. The summed E-state index contributed by atoms with van der Waals surface area (Å²) in [4.78, 5) is 20.9. The van der Waals surface area contributed by atoms with Gasteiger partial charge in [0.05, 0.1) is 5.56 Å². The van der Waals surface area contributed by atoms with Crippen molar-refractivity contribution in [1.82, 2.24) is 19.9 Å². The van der Waals surface area contributed by atoms with E-state index in [0.717, 1.165) is 66.1 Å². The summed E-state index contributed by atoms with van der Waals surface area (Å²) in [7, 11) is 0. The van der Waals surface area contributed by atoms with Gasteiger partial charge in [-0.15, -0.1) is 0 Å². The highest BCUT2D eigenvalue weighted by molar-refractivity contribution is 6.16. The van der Waals surface area contributed by atoms with Crippen molar-refractivity contribution in [1.29, 1.82) is 0 Å². The summed E-state index contributed by atoms with van der Waals surface area (Å²) in [5.74, 6) is 2.02. The summed E-state index contributed by atoms with van der Waals surface area (Å²) in [5.41, 5.74) is 10.2. The Labute approximate surface area is 321 Å². The third-order valence-electron chi connectivity index (χ3n) is 10.4. The van der Waals surface area contributed by atoms with Crippen molar-refractivity contribution in [3.63, 3.8) is 0 Å². The number of nitrogens with zero attached hydrogens (tertiary/aromatic N) is 4. The highest BCUT2D eigenvalue weighted by Crippen LogP contribution is 2.43. The Hall–Kier alpha value is -7.70. The van der Waals surface area contributed by atoms with Crippen LogP contribution in [0.4, 0.5) is 0 Å². The van der Waals surface area contributed by atoms with Crippen molar-refractivity contribution in [2.24, 2.45) is 0 Å². The molecule has 0 fully saturated rings. The fourth-order valence-corrected chi connectivity index (χ4v) is 7.62. The number of fused-ring (bicyclic) bond motifs is 5. The Bertz CT molecular complexity index is 3230. The van der Waals surface area contributed by atoms with Gasteiger partial charge in [-0.2, -0.15) is 0 Å². The lowest BCUT2D eigenvalue weighted by Crippen LogP contribution is -2.02. The molecule has 3 heterocycles. The number of hydrogen-bond donors (Lipinski definition) is 0. The first kappa shape index (κ1) is 31.8. The Morgan fingerprint density at radius 2 is 0.893 bits per heavy atom. The number of para-hydroxylation sites is 1. The Kier molecular flexibility index (Phi) is 7.38. The van der Waals surface area contributed by atoms with Crippen LogP contribution < -0.4 is 0 Å². The summed E-state index contributed by atoms with van der Waals surface area (Å²) >= 11 is 0. The van der Waals surface area contributed by atoms with Crippen LogP contribution >= 0.6 is 0 Å². The summed E-state index contributed by atoms with van der Waals surface area (Å²) in [6.07, 6.45) is 0. The zero-order valence-electron chi connectivity index (χ0n) is 29.9. The van der Waals surface area contributed by atoms with Gasteiger partial charge in [0, 0.05) is 27.5 Å². The van der Waals surface area contributed by atoms with Crippen molar-refractivity contribution >= 4 is 43.8 Å². The van der Waals surface area contributed by atoms with E-state index in [2.05, 4.69) is 91.0 Å². The van der Waals surface area contributed by atoms with Gasteiger partial charge in [0.15, 0.2) is 23.1 Å². The standard InChI is InChI=1S/C50H30N4O2/c1-4-14-31(15-5-1)32-24-26-35(27-25-32)50-51-45-43(56-50)30-40-38-22-12-13-23-42(38)55-46(40)44(45)49-53-47(34-18-8-3-9-19-34)52-48(54-49)41-29-37-21-11-10-20-36(37)28-39(41)33-16-6-2-7-17-33/h1-30H. The molecule has 0 saturated heterocycles. The lowest BCUT2D eigenvalue weighted by molar-refractivity contribution is 0.620. The number of benzene rings is 8. The molecule has 0 aliphatic rings. The van der Waals surface area contributed by atoms with Gasteiger partial charge < -0.3 is 8.83 Å². The van der Waals surface area contributed by atoms with Crippen molar-refractivity contribution in [2.45, 2.75) is 0 Å². The molecule has 0 amide bonds. The molecule has 0 N–H and O–H groups in total. The van der Waals surface area contributed by atoms with E-state index in [9.17, 15) is 0 Å². The highest BCUT2D eigenvalue weighted by Gasteiger charge is 2.25. The van der Waals surface area contributed by atoms with Gasteiger partial charge >= 0.3 is 0 Å². The van der Waals surface area contributed by atoms with E-state index in [0.29, 0.717) is 45.6 Å². The normalized spacial score (nSPS) is 11.6. The van der Waals surface area contributed by atoms with E-state index in [1.807, 2.05) is 91.0 Å². The maximum Gasteiger partial charge on any atom is 0.227 e. The molecule has 262 valence electrons. The van der Waals surface area contributed by atoms with E-state index < -0.39 is 0 Å². The van der Waals surface area contributed by atoms with Gasteiger partial charge in [-0.25, -0.2) is 19.9 Å². The van der Waals surface area contributed by atoms with Crippen LogP contribution in [0.15, 0.2) is 191 Å². The average Bonchev–Trinajstić information content (AvgIpc) is 3.87. The van der Waals surface area contributed by atoms with Gasteiger partial charge in [0.2, 0.25) is 5.89 Å². The molecule has 3 aromatic heterocycles. The minimum Gasteiger partial charge on any atom is -0.455 e. The second kappa shape index (κ2) is 13.0. The fraction of sp³-hybridized carbons (Fsp3) is 0. The van der Waals surface area contributed by atoms with E-state index >= 15 is 0 Å². The topological polar surface area (TPSA) is 77.8 Å². The summed E-state index contributed by atoms with van der Waals surface area (Å²) in [5, 5.41) is 4.08. The number of aromatic nitrogens is 4. The molecule has 0 radical (unpaired) electrons. The van der Waals surface area contributed by atoms with Crippen LogP contribution in [0.1, 0.15) is 0 Å². The van der Waals surface area contributed by atoms with Crippen molar-refractivity contribution in [3.05, 3.63) is 182 Å². The van der Waals surface area contributed by atoms with Crippen LogP contribution in [0.2, 0.25) is 0 Å². The lowest BCUT2D eigenvalue weighted by atomic mass is 9.95. The molecular weight excluding hydrogens is 689 g/mol. The van der Waals surface area contributed by atoms with Gasteiger partial charge in [-0.05, 0) is 69.4 Å². The van der Waals surface area contributed by atoms with E-state index in [1.54, 1.807) is 0 Å². The summed E-state index contributed by atoms with van der Waals surface area (Å²) in [6, 6.07) is 61.8. The maximum absolute atomic E-state index is 6.69. The van der Waals surface area contributed by atoms with Crippen molar-refractivity contribution < 1.29 is 8.83 Å². The molecule has 0 aliphatic carbocycles. The number of rotatable bonds is 6. The van der Waals surface area contributed by atoms with Crippen LogP contribution in [0.25, 0.3) is 112 Å². The first-order chi connectivity index (χ1) is 27.7. The molecule has 0 atom stereocenters. The zero-order valence-corrected chi connectivity index (χ0v) is 29.9. The Morgan fingerprint density at radius 3 is 1.62 bits per heavy atom. The quantitative estimate of drug-likeness (QED) is 0.170. The Balaban J connectivity index is 1.18. The molecule has 0 aliphatic heterocycles. The van der Waals surface area contributed by atoms with Crippen LogP contribution in [-0.4, -0.2) is 19.9 Å². The molecule has 6 nitrogen and oxygen atoms in total. The van der Waals surface area contributed by atoms with Crippen molar-refractivity contribution in [2.75, 3.05) is 0 Å². The maximum atomic E-state index is 6.69. The van der Waals surface area contributed by atoms with E-state index in [-0.39, 0.29) is 0 Å². The zero-order chi connectivity index (χ0) is 37.0. The fourth-order valence-electron chi connectivity index (χ4n) is 7.62. The van der Waals surface area contributed by atoms with Gasteiger partial charge in [-0.1, -0.05) is 146 Å². The number of oxazole rings is 1. The van der Waals surface area contributed by atoms with Gasteiger partial charge in [0.25, 0.3) is 0 Å². The molecule has 11 aromatic rings. The second-order valence-corrected chi connectivity index (χ2v) is 13.8. The highest BCUT2D eigenvalue weighted by atomic mass is 16.4. The third kappa shape index (κ3) is 5.43. The third-order valence-corrected chi connectivity index (χ3v) is 10.4. The van der Waals surface area contributed by atoms with E-state index in [4.69, 9.17) is 28.8 Å². The summed E-state index contributed by atoms with van der Waals surface area (Å²) in [6.45, 7) is 0. The lowest BCUT2D eigenvalue weighted by Gasteiger charge is -2.14. The van der Waals surface area contributed by atoms with Gasteiger partial charge in [0.1, 0.15) is 16.7 Å². The van der Waals surface area contributed by atoms with Gasteiger partial charge in [-0.3, -0.25) is 0 Å². The van der Waals surface area contributed by atoms with Crippen LogP contribution in [-0.2, 0) is 0 Å². The molecule has 0 saturated carbocycles. The predicted molar refractivity (Wildman–Crippen MR) is 225 cm³/mol. The molecule has 8 aromatic carbocycles. The molecule has 11 rings (SSSR count). The van der Waals surface area contributed by atoms with Crippen LogP contribution in [0.5, 0.6) is 0 Å². The van der Waals surface area contributed by atoms with Crippen LogP contribution in [0, 0.1) is 0 Å². The average molecular weight is 719 g/mol.